The van der Waals surface area contributed by atoms with Crippen LogP contribution in [-0.2, 0) is 0 Å². The minimum Gasteiger partial charge on any atom is -0.359 e. The molecular formula is C7H15N3S. The van der Waals surface area contributed by atoms with Gasteiger partial charge in [-0.3, -0.25) is 0 Å². The molecule has 1 fully saturated rings. The van der Waals surface area contributed by atoms with Gasteiger partial charge in [-0.2, -0.15) is 0 Å². The number of hydrogen-bond acceptors (Lipinski definition) is 2. The zero-order chi connectivity index (χ0) is 8.27. The van der Waals surface area contributed by atoms with E-state index in [1.807, 2.05) is 0 Å². The van der Waals surface area contributed by atoms with Gasteiger partial charge in [0.05, 0.1) is 0 Å². The van der Waals surface area contributed by atoms with Crippen LogP contribution in [0.4, 0.5) is 0 Å². The first-order valence-corrected chi connectivity index (χ1v) is 4.40. The summed E-state index contributed by atoms with van der Waals surface area (Å²) in [5, 5.41) is 3.64. The molecule has 1 rings (SSSR count). The molecule has 1 aliphatic rings. The molecule has 0 radical (unpaired) electrons. The number of nitrogens with two attached hydrogens (primary N) is 1. The van der Waals surface area contributed by atoms with E-state index < -0.39 is 0 Å². The molecule has 1 atom stereocenters. The molecule has 3 nitrogen and oxygen atoms in total. The highest BCUT2D eigenvalue weighted by molar-refractivity contribution is 7.80. The number of nitrogens with one attached hydrogen (secondary N) is 2. The van der Waals surface area contributed by atoms with Crippen LogP contribution in [0.1, 0.15) is 26.2 Å². The van der Waals surface area contributed by atoms with Gasteiger partial charge in [0, 0.05) is 6.04 Å². The predicted molar refractivity (Wildman–Crippen MR) is 49.9 cm³/mol. The van der Waals surface area contributed by atoms with Gasteiger partial charge >= 0.3 is 0 Å². The van der Waals surface area contributed by atoms with E-state index in [-0.39, 0.29) is 0 Å². The smallest absolute Gasteiger partial charge is 0.180 e. The number of hydrogen-bond donors (Lipinski definition) is 3. The monoisotopic (exact) mass is 173 g/mol. The highest BCUT2D eigenvalue weighted by atomic mass is 32.1. The van der Waals surface area contributed by atoms with Gasteiger partial charge in [0.25, 0.3) is 0 Å². The molecule has 4 heteroatoms. The molecule has 64 valence electrons. The van der Waals surface area contributed by atoms with Crippen LogP contribution in [0.3, 0.4) is 0 Å². The van der Waals surface area contributed by atoms with Crippen LogP contribution in [0.5, 0.6) is 0 Å². The molecular weight excluding hydrogens is 158 g/mol. The van der Waals surface area contributed by atoms with Gasteiger partial charge in [-0.1, -0.05) is 12.8 Å². The Hall–Kier alpha value is -0.350. The molecule has 0 aromatic carbocycles. The Morgan fingerprint density at radius 1 is 1.73 bits per heavy atom. The first kappa shape index (κ1) is 8.74. The minimum absolute atomic E-state index is 0.450. The van der Waals surface area contributed by atoms with Gasteiger partial charge in [0.15, 0.2) is 5.11 Å². The Labute approximate surface area is 72.7 Å². The largest absolute Gasteiger partial charge is 0.359 e. The van der Waals surface area contributed by atoms with Crippen molar-refractivity contribution in [3.63, 3.8) is 0 Å². The van der Waals surface area contributed by atoms with E-state index in [9.17, 15) is 0 Å². The van der Waals surface area contributed by atoms with Gasteiger partial charge in [0.1, 0.15) is 0 Å². The summed E-state index contributed by atoms with van der Waals surface area (Å²) in [5.74, 6) is 6.04. The second kappa shape index (κ2) is 3.88. The third kappa shape index (κ3) is 3.53. The van der Waals surface area contributed by atoms with Gasteiger partial charge in [0.2, 0.25) is 0 Å². The lowest BCUT2D eigenvalue weighted by Gasteiger charge is -2.14. The summed E-state index contributed by atoms with van der Waals surface area (Å²) in [7, 11) is 0. The van der Waals surface area contributed by atoms with Crippen molar-refractivity contribution in [2.45, 2.75) is 32.2 Å². The summed E-state index contributed by atoms with van der Waals surface area (Å²) in [6.07, 6.45) is 3.98. The Kier molecular flexibility index (Phi) is 3.08. The quantitative estimate of drug-likeness (QED) is 0.331. The summed E-state index contributed by atoms with van der Waals surface area (Å²) in [6, 6.07) is 0.450. The van der Waals surface area contributed by atoms with Crippen LogP contribution in [0, 0.1) is 5.92 Å². The van der Waals surface area contributed by atoms with Crippen molar-refractivity contribution in [1.82, 2.24) is 10.7 Å². The van der Waals surface area contributed by atoms with Crippen molar-refractivity contribution in [1.29, 1.82) is 0 Å². The third-order valence-electron chi connectivity index (χ3n) is 1.89. The fraction of sp³-hybridized carbons (Fsp3) is 0.857. The second-order valence-electron chi connectivity index (χ2n) is 3.20. The minimum atomic E-state index is 0.450. The lowest BCUT2D eigenvalue weighted by molar-refractivity contribution is 0.559. The molecule has 0 aromatic heterocycles. The highest BCUT2D eigenvalue weighted by Gasteiger charge is 2.23. The van der Waals surface area contributed by atoms with E-state index in [1.54, 1.807) is 0 Å². The molecule has 0 aliphatic heterocycles. The zero-order valence-electron chi connectivity index (χ0n) is 6.76. The van der Waals surface area contributed by atoms with Crippen molar-refractivity contribution in [3.05, 3.63) is 0 Å². The summed E-state index contributed by atoms with van der Waals surface area (Å²) in [5.41, 5.74) is 2.41. The highest BCUT2D eigenvalue weighted by Crippen LogP contribution is 2.33. The Morgan fingerprint density at radius 2 is 2.36 bits per heavy atom. The van der Waals surface area contributed by atoms with Crippen molar-refractivity contribution < 1.29 is 0 Å². The fourth-order valence-electron chi connectivity index (χ4n) is 1.18. The normalized spacial score (nSPS) is 19.1. The van der Waals surface area contributed by atoms with Crippen LogP contribution in [0.2, 0.25) is 0 Å². The maximum Gasteiger partial charge on any atom is 0.180 e. The molecule has 1 aliphatic carbocycles. The van der Waals surface area contributed by atoms with Crippen LogP contribution in [-0.4, -0.2) is 11.2 Å². The first-order valence-electron chi connectivity index (χ1n) is 3.99. The number of hydrazine groups is 1. The maximum atomic E-state index is 5.11. The lowest BCUT2D eigenvalue weighted by Crippen LogP contribution is -2.43. The Bertz CT molecular complexity index is 145. The lowest BCUT2D eigenvalue weighted by atomic mass is 10.2. The molecule has 0 heterocycles. The van der Waals surface area contributed by atoms with Crippen LogP contribution in [0.25, 0.3) is 0 Å². The molecule has 0 aromatic rings. The van der Waals surface area contributed by atoms with E-state index >= 15 is 0 Å². The summed E-state index contributed by atoms with van der Waals surface area (Å²) < 4.78 is 0. The first-order chi connectivity index (χ1) is 5.22. The van der Waals surface area contributed by atoms with Crippen molar-refractivity contribution >= 4 is 17.3 Å². The van der Waals surface area contributed by atoms with Crippen molar-refractivity contribution in [2.24, 2.45) is 11.8 Å². The molecule has 11 heavy (non-hydrogen) atoms. The zero-order valence-corrected chi connectivity index (χ0v) is 7.58. The van der Waals surface area contributed by atoms with E-state index in [2.05, 4.69) is 17.7 Å². The van der Waals surface area contributed by atoms with Gasteiger partial charge < -0.3 is 10.7 Å². The molecule has 4 N–H and O–H groups in total. The number of rotatable bonds is 3. The summed E-state index contributed by atoms with van der Waals surface area (Å²) in [6.45, 7) is 2.13. The van der Waals surface area contributed by atoms with Gasteiger partial charge in [-0.15, -0.1) is 0 Å². The fourth-order valence-corrected chi connectivity index (χ4v) is 1.38. The van der Waals surface area contributed by atoms with Gasteiger partial charge in [-0.25, -0.2) is 5.84 Å². The average molecular weight is 173 g/mol. The van der Waals surface area contributed by atoms with Crippen molar-refractivity contribution in [3.8, 4) is 0 Å². The van der Waals surface area contributed by atoms with Crippen LogP contribution < -0.4 is 16.6 Å². The number of thiocarbonyl (C=S) groups is 1. The predicted octanol–water partition coefficient (Wildman–Crippen LogP) is 0.513. The van der Waals surface area contributed by atoms with E-state index in [0.717, 1.165) is 5.92 Å². The van der Waals surface area contributed by atoms with Gasteiger partial charge in [-0.05, 0) is 31.5 Å². The SMILES string of the molecule is CC(CC1CC1)NC(=S)NN. The Balaban J connectivity index is 2.08. The molecule has 1 unspecified atom stereocenters. The van der Waals surface area contributed by atoms with Crippen LogP contribution >= 0.6 is 12.2 Å². The maximum absolute atomic E-state index is 5.11. The van der Waals surface area contributed by atoms with Crippen LogP contribution in [0.15, 0.2) is 0 Å². The van der Waals surface area contributed by atoms with E-state index in [1.165, 1.54) is 19.3 Å². The van der Waals surface area contributed by atoms with Crippen molar-refractivity contribution in [2.75, 3.05) is 0 Å². The summed E-state index contributed by atoms with van der Waals surface area (Å²) >= 11 is 4.86. The topological polar surface area (TPSA) is 50.1 Å². The van der Waals surface area contributed by atoms with E-state index in [4.69, 9.17) is 18.1 Å². The Morgan fingerprint density at radius 3 is 2.82 bits per heavy atom. The molecule has 0 saturated heterocycles. The summed E-state index contributed by atoms with van der Waals surface area (Å²) in [4.78, 5) is 0. The molecule has 1 saturated carbocycles. The van der Waals surface area contributed by atoms with E-state index in [0.29, 0.717) is 11.2 Å². The molecule has 0 bridgehead atoms. The third-order valence-corrected chi connectivity index (χ3v) is 2.13. The second-order valence-corrected chi connectivity index (χ2v) is 3.61. The standard InChI is InChI=1S/C7H15N3S/c1-5(4-6-2-3-6)9-7(11)10-8/h5-6H,2-4,8H2,1H3,(H2,9,10,11). The molecule has 0 spiro atoms. The molecule has 0 amide bonds. The average Bonchev–Trinajstić information content (AvgIpc) is 2.71.